The second-order valence-electron chi connectivity index (χ2n) is 4.26. The second-order valence-corrected chi connectivity index (χ2v) is 4.26. The molecule has 0 bridgehead atoms. The van der Waals surface area contributed by atoms with Gasteiger partial charge in [-0.2, -0.15) is 0 Å². The molecular formula is C14H24N2O. The quantitative estimate of drug-likeness (QED) is 0.788. The monoisotopic (exact) mass is 236 g/mol. The Morgan fingerprint density at radius 2 is 1.94 bits per heavy atom. The van der Waals surface area contributed by atoms with Gasteiger partial charge in [0.25, 0.3) is 0 Å². The predicted molar refractivity (Wildman–Crippen MR) is 71.3 cm³/mol. The summed E-state index contributed by atoms with van der Waals surface area (Å²) in [5, 5.41) is 3.65. The van der Waals surface area contributed by atoms with E-state index in [0.29, 0.717) is 12.1 Å². The van der Waals surface area contributed by atoms with Crippen LogP contribution in [-0.4, -0.2) is 18.1 Å². The van der Waals surface area contributed by atoms with Crippen LogP contribution in [0.3, 0.4) is 0 Å². The molecule has 3 nitrogen and oxygen atoms in total. The third kappa shape index (κ3) is 4.00. The Labute approximate surface area is 105 Å². The van der Waals surface area contributed by atoms with E-state index in [-0.39, 0.29) is 0 Å². The van der Waals surface area contributed by atoms with Crippen molar-refractivity contribution in [1.29, 1.82) is 0 Å². The lowest BCUT2D eigenvalue weighted by Gasteiger charge is -2.23. The number of nitrogens with zero attached hydrogens (tertiary/aromatic N) is 1. The van der Waals surface area contributed by atoms with Gasteiger partial charge in [-0.1, -0.05) is 20.8 Å². The first-order valence-corrected chi connectivity index (χ1v) is 6.51. The zero-order valence-electron chi connectivity index (χ0n) is 11.4. The Kier molecular flexibility index (Phi) is 5.98. The van der Waals surface area contributed by atoms with Crippen molar-refractivity contribution in [2.45, 2.75) is 52.1 Å². The van der Waals surface area contributed by atoms with Crippen molar-refractivity contribution in [1.82, 2.24) is 10.3 Å². The molecule has 0 aliphatic rings. The Hall–Kier alpha value is -1.09. The van der Waals surface area contributed by atoms with Gasteiger partial charge in [0, 0.05) is 24.3 Å². The minimum atomic E-state index is 0.315. The van der Waals surface area contributed by atoms with E-state index < -0.39 is 0 Å². The fraction of sp³-hybridized carbons (Fsp3) is 0.643. The second kappa shape index (κ2) is 7.28. The highest BCUT2D eigenvalue weighted by Gasteiger charge is 2.14. The van der Waals surface area contributed by atoms with Gasteiger partial charge < -0.3 is 10.1 Å². The molecule has 0 fully saturated rings. The summed E-state index contributed by atoms with van der Waals surface area (Å²) < 4.78 is 5.24. The summed E-state index contributed by atoms with van der Waals surface area (Å²) in [6.45, 7) is 6.61. The molecule has 0 spiro atoms. The first-order valence-electron chi connectivity index (χ1n) is 6.51. The Bertz CT molecular complexity index is 324. The summed E-state index contributed by atoms with van der Waals surface area (Å²) in [6, 6.07) is 4.78. The molecule has 1 aromatic rings. The van der Waals surface area contributed by atoms with Gasteiger partial charge in [0.1, 0.15) is 5.75 Å². The van der Waals surface area contributed by atoms with E-state index in [9.17, 15) is 0 Å². The van der Waals surface area contributed by atoms with Crippen LogP contribution in [0, 0.1) is 0 Å². The maximum atomic E-state index is 5.24. The number of ether oxygens (including phenoxy) is 1. The molecule has 0 aliphatic heterocycles. The van der Waals surface area contributed by atoms with Crippen molar-refractivity contribution in [3.05, 3.63) is 24.0 Å². The molecule has 17 heavy (non-hydrogen) atoms. The number of aromatic nitrogens is 1. The number of pyridine rings is 1. The standard InChI is InChI=1S/C14H24N2O/c1-5-11(6-2)16-13(7-3)14-10-12(17-4)8-9-15-14/h8-11,13,16H,5-7H2,1-4H3. The highest BCUT2D eigenvalue weighted by atomic mass is 16.5. The molecule has 0 amide bonds. The van der Waals surface area contributed by atoms with Crippen LogP contribution in [-0.2, 0) is 0 Å². The minimum Gasteiger partial charge on any atom is -0.497 e. The number of nitrogens with one attached hydrogen (secondary N) is 1. The smallest absolute Gasteiger partial charge is 0.122 e. The van der Waals surface area contributed by atoms with Gasteiger partial charge in [-0.15, -0.1) is 0 Å². The largest absolute Gasteiger partial charge is 0.497 e. The van der Waals surface area contributed by atoms with Crippen LogP contribution in [0.5, 0.6) is 5.75 Å². The van der Waals surface area contributed by atoms with Crippen LogP contribution < -0.4 is 10.1 Å². The van der Waals surface area contributed by atoms with Crippen LogP contribution in [0.15, 0.2) is 18.3 Å². The van der Waals surface area contributed by atoms with Gasteiger partial charge >= 0.3 is 0 Å². The summed E-state index contributed by atoms with van der Waals surface area (Å²) in [5.74, 6) is 0.875. The fourth-order valence-corrected chi connectivity index (χ4v) is 1.97. The maximum absolute atomic E-state index is 5.24. The fourth-order valence-electron chi connectivity index (χ4n) is 1.97. The summed E-state index contributed by atoms with van der Waals surface area (Å²) >= 11 is 0. The molecule has 1 unspecified atom stereocenters. The van der Waals surface area contributed by atoms with Gasteiger partial charge in [0.2, 0.25) is 0 Å². The van der Waals surface area contributed by atoms with Crippen LogP contribution in [0.25, 0.3) is 0 Å². The first kappa shape index (κ1) is 14.0. The molecule has 1 atom stereocenters. The van der Waals surface area contributed by atoms with E-state index in [4.69, 9.17) is 4.74 Å². The Morgan fingerprint density at radius 1 is 1.24 bits per heavy atom. The highest BCUT2D eigenvalue weighted by molar-refractivity contribution is 5.24. The summed E-state index contributed by atoms with van der Waals surface area (Å²) in [5.41, 5.74) is 1.07. The zero-order valence-corrected chi connectivity index (χ0v) is 11.4. The predicted octanol–water partition coefficient (Wildman–Crippen LogP) is 3.32. The van der Waals surface area contributed by atoms with Crippen LogP contribution in [0.2, 0.25) is 0 Å². The topological polar surface area (TPSA) is 34.1 Å². The van der Waals surface area contributed by atoms with Crippen molar-refractivity contribution >= 4 is 0 Å². The molecule has 0 radical (unpaired) electrons. The Morgan fingerprint density at radius 3 is 2.47 bits per heavy atom. The number of rotatable bonds is 7. The summed E-state index contributed by atoms with van der Waals surface area (Å²) in [4.78, 5) is 4.44. The lowest BCUT2D eigenvalue weighted by Crippen LogP contribution is -2.32. The molecule has 1 heterocycles. The van der Waals surface area contributed by atoms with Gasteiger partial charge in [-0.05, 0) is 25.3 Å². The molecule has 1 N–H and O–H groups in total. The van der Waals surface area contributed by atoms with Crippen LogP contribution >= 0.6 is 0 Å². The third-order valence-electron chi connectivity index (χ3n) is 3.18. The SMILES string of the molecule is CCC(CC)NC(CC)c1cc(OC)ccn1. The first-order chi connectivity index (χ1) is 8.24. The Balaban J connectivity index is 2.77. The van der Waals surface area contributed by atoms with Crippen LogP contribution in [0.1, 0.15) is 51.8 Å². The van der Waals surface area contributed by atoms with Crippen molar-refractivity contribution < 1.29 is 4.74 Å². The number of hydrogen-bond acceptors (Lipinski definition) is 3. The van der Waals surface area contributed by atoms with E-state index in [1.54, 1.807) is 7.11 Å². The molecule has 96 valence electrons. The number of methoxy groups -OCH3 is 1. The zero-order chi connectivity index (χ0) is 12.7. The van der Waals surface area contributed by atoms with E-state index in [1.165, 1.54) is 0 Å². The van der Waals surface area contributed by atoms with Crippen molar-refractivity contribution in [2.75, 3.05) is 7.11 Å². The lowest BCUT2D eigenvalue weighted by molar-refractivity contribution is 0.393. The molecular weight excluding hydrogens is 212 g/mol. The van der Waals surface area contributed by atoms with Gasteiger partial charge in [-0.3, -0.25) is 4.98 Å². The summed E-state index contributed by atoms with van der Waals surface area (Å²) in [7, 11) is 1.69. The molecule has 0 saturated heterocycles. The molecule has 1 aromatic heterocycles. The average molecular weight is 236 g/mol. The van der Waals surface area contributed by atoms with E-state index in [0.717, 1.165) is 30.7 Å². The van der Waals surface area contributed by atoms with Gasteiger partial charge in [-0.25, -0.2) is 0 Å². The van der Waals surface area contributed by atoms with E-state index in [2.05, 4.69) is 31.1 Å². The minimum absolute atomic E-state index is 0.315. The average Bonchev–Trinajstić information content (AvgIpc) is 2.40. The van der Waals surface area contributed by atoms with Gasteiger partial charge in [0.15, 0.2) is 0 Å². The molecule has 0 saturated carbocycles. The van der Waals surface area contributed by atoms with Gasteiger partial charge in [0.05, 0.1) is 12.8 Å². The molecule has 3 heteroatoms. The summed E-state index contributed by atoms with van der Waals surface area (Å²) in [6.07, 6.45) is 5.15. The van der Waals surface area contributed by atoms with Crippen LogP contribution in [0.4, 0.5) is 0 Å². The van der Waals surface area contributed by atoms with E-state index in [1.807, 2.05) is 18.3 Å². The number of hydrogen-bond donors (Lipinski definition) is 1. The van der Waals surface area contributed by atoms with Crippen molar-refractivity contribution in [3.8, 4) is 5.75 Å². The third-order valence-corrected chi connectivity index (χ3v) is 3.18. The normalized spacial score (nSPS) is 12.8. The van der Waals surface area contributed by atoms with Crippen molar-refractivity contribution in [2.24, 2.45) is 0 Å². The van der Waals surface area contributed by atoms with Crippen molar-refractivity contribution in [3.63, 3.8) is 0 Å². The molecule has 1 rings (SSSR count). The lowest BCUT2D eigenvalue weighted by atomic mass is 10.1. The van der Waals surface area contributed by atoms with E-state index >= 15 is 0 Å². The highest BCUT2D eigenvalue weighted by Crippen LogP contribution is 2.20. The maximum Gasteiger partial charge on any atom is 0.122 e. The molecule has 0 aliphatic carbocycles. The molecule has 0 aromatic carbocycles.